The molecular formula is C21H25NO4S. The molecule has 144 valence electrons. The van der Waals surface area contributed by atoms with Gasteiger partial charge in [-0.3, -0.25) is 4.79 Å². The molecule has 6 heteroatoms. The number of carbonyl (C=O) groups is 1. The summed E-state index contributed by atoms with van der Waals surface area (Å²) < 4.78 is 32.2. The Kier molecular flexibility index (Phi) is 5.97. The van der Waals surface area contributed by atoms with E-state index in [0.29, 0.717) is 18.8 Å². The number of rotatable bonds is 5. The van der Waals surface area contributed by atoms with Gasteiger partial charge in [0.05, 0.1) is 11.3 Å². The number of carbonyl (C=O) groups excluding carboxylic acids is 1. The molecule has 0 atom stereocenters. The van der Waals surface area contributed by atoms with E-state index in [2.05, 4.69) is 0 Å². The molecule has 0 unspecified atom stereocenters. The Labute approximate surface area is 161 Å². The highest BCUT2D eigenvalue weighted by Crippen LogP contribution is 2.21. The van der Waals surface area contributed by atoms with E-state index in [-0.39, 0.29) is 17.3 Å². The zero-order chi connectivity index (χ0) is 19.4. The summed E-state index contributed by atoms with van der Waals surface area (Å²) in [5.41, 5.74) is 2.93. The van der Waals surface area contributed by atoms with Crippen molar-refractivity contribution in [2.75, 3.05) is 13.1 Å². The number of piperidine rings is 1. The van der Waals surface area contributed by atoms with Gasteiger partial charge in [0, 0.05) is 13.1 Å². The molecule has 0 spiro atoms. The van der Waals surface area contributed by atoms with E-state index in [1.807, 2.05) is 26.0 Å². The first-order chi connectivity index (χ1) is 12.9. The van der Waals surface area contributed by atoms with Gasteiger partial charge in [0.15, 0.2) is 0 Å². The van der Waals surface area contributed by atoms with Gasteiger partial charge in [0.1, 0.15) is 5.75 Å². The summed E-state index contributed by atoms with van der Waals surface area (Å²) in [4.78, 5) is 12.4. The van der Waals surface area contributed by atoms with Crippen molar-refractivity contribution >= 4 is 16.0 Å². The summed E-state index contributed by atoms with van der Waals surface area (Å²) in [7, 11) is -3.45. The highest BCUT2D eigenvalue weighted by Gasteiger charge is 2.25. The zero-order valence-corrected chi connectivity index (χ0v) is 16.6. The number of aryl methyl sites for hydroxylation is 2. The van der Waals surface area contributed by atoms with Gasteiger partial charge in [-0.15, -0.1) is 0 Å². The first kappa shape index (κ1) is 19.6. The number of ether oxygens (including phenoxy) is 1. The lowest BCUT2D eigenvalue weighted by Gasteiger charge is -2.25. The van der Waals surface area contributed by atoms with Crippen molar-refractivity contribution in [2.24, 2.45) is 0 Å². The van der Waals surface area contributed by atoms with Gasteiger partial charge >= 0.3 is 5.97 Å². The average Bonchev–Trinajstić information content (AvgIpc) is 2.66. The maximum atomic E-state index is 12.7. The monoisotopic (exact) mass is 387 g/mol. The Hall–Kier alpha value is -2.18. The summed E-state index contributed by atoms with van der Waals surface area (Å²) in [5.74, 6) is 0.150. The smallest absolute Gasteiger partial charge is 0.315 e. The number of sulfonamides is 1. The number of hydrogen-bond donors (Lipinski definition) is 0. The van der Waals surface area contributed by atoms with Crippen LogP contribution < -0.4 is 4.74 Å². The van der Waals surface area contributed by atoms with E-state index in [4.69, 9.17) is 4.74 Å². The van der Waals surface area contributed by atoms with Crippen LogP contribution in [0, 0.1) is 13.8 Å². The van der Waals surface area contributed by atoms with Gasteiger partial charge in [-0.05, 0) is 67.6 Å². The van der Waals surface area contributed by atoms with E-state index < -0.39 is 10.0 Å². The van der Waals surface area contributed by atoms with Crippen LogP contribution in [0.4, 0.5) is 0 Å². The fraction of sp³-hybridized carbons (Fsp3) is 0.381. The Morgan fingerprint density at radius 1 is 0.963 bits per heavy atom. The minimum atomic E-state index is -3.45. The van der Waals surface area contributed by atoms with Crippen molar-refractivity contribution in [1.29, 1.82) is 0 Å². The highest BCUT2D eigenvalue weighted by atomic mass is 32.2. The predicted octanol–water partition coefficient (Wildman–Crippen LogP) is 3.63. The van der Waals surface area contributed by atoms with Crippen molar-refractivity contribution in [3.63, 3.8) is 0 Å². The fourth-order valence-corrected chi connectivity index (χ4v) is 4.66. The molecule has 2 aromatic rings. The van der Waals surface area contributed by atoms with Crippen LogP contribution in [-0.4, -0.2) is 31.8 Å². The topological polar surface area (TPSA) is 63.7 Å². The third kappa shape index (κ3) is 4.76. The number of benzene rings is 2. The van der Waals surface area contributed by atoms with Crippen LogP contribution in [-0.2, 0) is 21.2 Å². The van der Waals surface area contributed by atoms with E-state index in [1.54, 1.807) is 34.6 Å². The molecule has 0 saturated carbocycles. The van der Waals surface area contributed by atoms with Crippen LogP contribution in [0.15, 0.2) is 47.4 Å². The van der Waals surface area contributed by atoms with Crippen molar-refractivity contribution in [3.05, 3.63) is 59.2 Å². The molecule has 1 aliphatic rings. The Morgan fingerprint density at radius 3 is 2.26 bits per heavy atom. The lowest BCUT2D eigenvalue weighted by molar-refractivity contribution is -0.133. The van der Waals surface area contributed by atoms with Gasteiger partial charge in [-0.1, -0.05) is 24.6 Å². The molecule has 0 amide bonds. The van der Waals surface area contributed by atoms with Gasteiger partial charge in [0.2, 0.25) is 10.0 Å². The number of nitrogens with zero attached hydrogens (tertiary/aromatic N) is 1. The molecule has 0 aromatic heterocycles. The average molecular weight is 388 g/mol. The molecule has 1 saturated heterocycles. The number of esters is 1. The second kappa shape index (κ2) is 8.23. The minimum Gasteiger partial charge on any atom is -0.426 e. The zero-order valence-electron chi connectivity index (χ0n) is 15.8. The van der Waals surface area contributed by atoms with Crippen LogP contribution in [0.25, 0.3) is 0 Å². The lowest BCUT2D eigenvalue weighted by atomic mass is 10.1. The largest absolute Gasteiger partial charge is 0.426 e. The molecule has 27 heavy (non-hydrogen) atoms. The lowest BCUT2D eigenvalue weighted by Crippen LogP contribution is -2.35. The molecule has 0 N–H and O–H groups in total. The van der Waals surface area contributed by atoms with E-state index in [1.165, 1.54) is 0 Å². The van der Waals surface area contributed by atoms with Crippen molar-refractivity contribution in [2.45, 2.75) is 44.4 Å². The van der Waals surface area contributed by atoms with Crippen molar-refractivity contribution in [1.82, 2.24) is 4.31 Å². The maximum absolute atomic E-state index is 12.7. The first-order valence-electron chi connectivity index (χ1n) is 9.23. The Bertz CT molecular complexity index is 914. The molecule has 0 bridgehead atoms. The molecule has 1 fully saturated rings. The Balaban J connectivity index is 1.64. The van der Waals surface area contributed by atoms with Crippen LogP contribution in [0.2, 0.25) is 0 Å². The molecule has 1 heterocycles. The first-order valence-corrected chi connectivity index (χ1v) is 10.7. The molecule has 1 aliphatic heterocycles. The quantitative estimate of drug-likeness (QED) is 0.581. The molecule has 5 nitrogen and oxygen atoms in total. The molecule has 3 rings (SSSR count). The van der Waals surface area contributed by atoms with Crippen LogP contribution in [0.5, 0.6) is 5.75 Å². The van der Waals surface area contributed by atoms with E-state index in [9.17, 15) is 13.2 Å². The maximum Gasteiger partial charge on any atom is 0.315 e. The standard InChI is InChI=1S/C21H25NO4S/c1-16-6-9-19(14-17(16)2)26-21(23)15-18-7-10-20(11-8-18)27(24,25)22-12-4-3-5-13-22/h6-11,14H,3-5,12-13,15H2,1-2H3. The molecule has 2 aromatic carbocycles. The summed E-state index contributed by atoms with van der Waals surface area (Å²) in [6.45, 7) is 5.12. The van der Waals surface area contributed by atoms with Gasteiger partial charge in [-0.2, -0.15) is 4.31 Å². The second-order valence-corrected chi connectivity index (χ2v) is 8.94. The highest BCUT2D eigenvalue weighted by molar-refractivity contribution is 7.89. The number of hydrogen-bond acceptors (Lipinski definition) is 4. The molecule has 0 aliphatic carbocycles. The van der Waals surface area contributed by atoms with E-state index >= 15 is 0 Å². The molecule has 0 radical (unpaired) electrons. The van der Waals surface area contributed by atoms with Crippen LogP contribution in [0.3, 0.4) is 0 Å². The fourth-order valence-electron chi connectivity index (χ4n) is 3.15. The minimum absolute atomic E-state index is 0.0942. The van der Waals surface area contributed by atoms with E-state index in [0.717, 1.165) is 36.0 Å². The second-order valence-electron chi connectivity index (χ2n) is 7.01. The predicted molar refractivity (Wildman–Crippen MR) is 104 cm³/mol. The SMILES string of the molecule is Cc1ccc(OC(=O)Cc2ccc(S(=O)(=O)N3CCCCC3)cc2)cc1C. The molecular weight excluding hydrogens is 362 g/mol. The van der Waals surface area contributed by atoms with Crippen molar-refractivity contribution < 1.29 is 17.9 Å². The van der Waals surface area contributed by atoms with Gasteiger partial charge in [-0.25, -0.2) is 8.42 Å². The summed E-state index contributed by atoms with van der Waals surface area (Å²) in [6, 6.07) is 12.0. The summed E-state index contributed by atoms with van der Waals surface area (Å²) >= 11 is 0. The van der Waals surface area contributed by atoms with Gasteiger partial charge in [0.25, 0.3) is 0 Å². The normalized spacial score (nSPS) is 15.5. The third-order valence-electron chi connectivity index (χ3n) is 4.93. The van der Waals surface area contributed by atoms with Gasteiger partial charge < -0.3 is 4.74 Å². The third-order valence-corrected chi connectivity index (χ3v) is 6.85. The summed E-state index contributed by atoms with van der Waals surface area (Å²) in [5, 5.41) is 0. The van der Waals surface area contributed by atoms with Crippen molar-refractivity contribution in [3.8, 4) is 5.75 Å². The van der Waals surface area contributed by atoms with Crippen LogP contribution in [0.1, 0.15) is 36.0 Å². The van der Waals surface area contributed by atoms with Crippen LogP contribution >= 0.6 is 0 Å². The summed E-state index contributed by atoms with van der Waals surface area (Å²) in [6.07, 6.45) is 2.98. The Morgan fingerprint density at radius 2 is 1.63 bits per heavy atom.